The van der Waals surface area contributed by atoms with Crippen LogP contribution in [0.1, 0.15) is 25.6 Å². The molecule has 0 aliphatic rings. The fraction of sp³-hybridized carbons (Fsp3) is 0.136. The van der Waals surface area contributed by atoms with E-state index in [1.54, 1.807) is 54.8 Å². The number of aryl methyl sites for hydroxylation is 1. The standard InChI is InChI=1S/C22H20N2O5S/c1-14-11-12-30-20(14)22(27)29-13-19(25)23-16-9-7-15(8-10-16)21(26)24-17-5-3-4-6-18(17)28-2/h3-12H,13H2,1-2H3,(H,23,25)(H,24,26). The lowest BCUT2D eigenvalue weighted by Crippen LogP contribution is -2.21. The largest absolute Gasteiger partial charge is 0.495 e. The molecule has 1 heterocycles. The van der Waals surface area contributed by atoms with Gasteiger partial charge in [-0.2, -0.15) is 0 Å². The summed E-state index contributed by atoms with van der Waals surface area (Å²) < 4.78 is 10.3. The highest BCUT2D eigenvalue weighted by atomic mass is 32.1. The Kier molecular flexibility index (Phi) is 6.82. The van der Waals surface area contributed by atoms with E-state index in [-0.39, 0.29) is 5.91 Å². The van der Waals surface area contributed by atoms with Gasteiger partial charge in [-0.1, -0.05) is 12.1 Å². The van der Waals surface area contributed by atoms with Crippen LogP contribution in [0.5, 0.6) is 5.75 Å². The van der Waals surface area contributed by atoms with E-state index < -0.39 is 18.5 Å². The fourth-order valence-electron chi connectivity index (χ4n) is 2.62. The van der Waals surface area contributed by atoms with Crippen molar-refractivity contribution in [2.24, 2.45) is 0 Å². The fourth-order valence-corrected chi connectivity index (χ4v) is 3.44. The molecule has 2 amide bonds. The van der Waals surface area contributed by atoms with Gasteiger partial charge >= 0.3 is 5.97 Å². The van der Waals surface area contributed by atoms with Gasteiger partial charge in [-0.3, -0.25) is 9.59 Å². The van der Waals surface area contributed by atoms with Gasteiger partial charge in [0.15, 0.2) is 6.61 Å². The first-order valence-electron chi connectivity index (χ1n) is 9.03. The van der Waals surface area contributed by atoms with Crippen LogP contribution >= 0.6 is 11.3 Å². The maximum atomic E-state index is 12.4. The van der Waals surface area contributed by atoms with Gasteiger partial charge < -0.3 is 20.1 Å². The molecule has 3 rings (SSSR count). The molecule has 154 valence electrons. The third kappa shape index (κ3) is 5.24. The first-order valence-corrected chi connectivity index (χ1v) is 9.91. The van der Waals surface area contributed by atoms with E-state index in [0.717, 1.165) is 5.56 Å². The molecule has 0 atom stereocenters. The van der Waals surface area contributed by atoms with E-state index in [2.05, 4.69) is 10.6 Å². The number of carbonyl (C=O) groups excluding carboxylic acids is 3. The molecule has 0 saturated carbocycles. The zero-order chi connectivity index (χ0) is 21.5. The zero-order valence-corrected chi connectivity index (χ0v) is 17.2. The molecule has 0 fully saturated rings. The van der Waals surface area contributed by atoms with Gasteiger partial charge in [0.2, 0.25) is 0 Å². The van der Waals surface area contributed by atoms with Crippen molar-refractivity contribution >= 4 is 40.5 Å². The molecular formula is C22H20N2O5S. The summed E-state index contributed by atoms with van der Waals surface area (Å²) in [6, 6.07) is 15.3. The van der Waals surface area contributed by atoms with E-state index >= 15 is 0 Å². The number of para-hydroxylation sites is 2. The van der Waals surface area contributed by atoms with Crippen molar-refractivity contribution in [1.29, 1.82) is 0 Å². The highest BCUT2D eigenvalue weighted by Crippen LogP contribution is 2.24. The molecule has 2 N–H and O–H groups in total. The lowest BCUT2D eigenvalue weighted by atomic mass is 10.2. The van der Waals surface area contributed by atoms with Gasteiger partial charge in [-0.25, -0.2) is 4.79 Å². The number of benzene rings is 2. The zero-order valence-electron chi connectivity index (χ0n) is 16.4. The second-order valence-corrected chi connectivity index (χ2v) is 7.20. The molecule has 7 nitrogen and oxygen atoms in total. The van der Waals surface area contributed by atoms with Crippen molar-refractivity contribution in [3.8, 4) is 5.75 Å². The Hall–Kier alpha value is -3.65. The van der Waals surface area contributed by atoms with E-state index in [1.165, 1.54) is 18.4 Å². The van der Waals surface area contributed by atoms with Crippen LogP contribution in [0.4, 0.5) is 11.4 Å². The Balaban J connectivity index is 1.53. The summed E-state index contributed by atoms with van der Waals surface area (Å²) in [7, 11) is 1.53. The van der Waals surface area contributed by atoms with E-state index in [0.29, 0.717) is 27.6 Å². The summed E-state index contributed by atoms with van der Waals surface area (Å²) >= 11 is 1.27. The minimum atomic E-state index is -0.527. The first-order chi connectivity index (χ1) is 14.5. The predicted molar refractivity (Wildman–Crippen MR) is 115 cm³/mol. The van der Waals surface area contributed by atoms with Crippen molar-refractivity contribution in [2.45, 2.75) is 6.92 Å². The quantitative estimate of drug-likeness (QED) is 0.557. The molecular weight excluding hydrogens is 404 g/mol. The predicted octanol–water partition coefficient (Wildman–Crippen LogP) is 4.11. The molecule has 0 bridgehead atoms. The molecule has 2 aromatic carbocycles. The number of thiophene rings is 1. The number of anilines is 2. The number of nitrogens with one attached hydrogen (secondary N) is 2. The average molecular weight is 424 g/mol. The second-order valence-electron chi connectivity index (χ2n) is 6.29. The lowest BCUT2D eigenvalue weighted by molar-refractivity contribution is -0.119. The summed E-state index contributed by atoms with van der Waals surface area (Å²) in [5, 5.41) is 7.20. The SMILES string of the molecule is COc1ccccc1NC(=O)c1ccc(NC(=O)COC(=O)c2sccc2C)cc1. The van der Waals surface area contributed by atoms with Gasteiger partial charge in [0.1, 0.15) is 10.6 Å². The minimum Gasteiger partial charge on any atom is -0.495 e. The van der Waals surface area contributed by atoms with Gasteiger partial charge in [-0.05, 0) is 60.3 Å². The number of amides is 2. The van der Waals surface area contributed by atoms with Crippen LogP contribution in [0.25, 0.3) is 0 Å². The molecule has 1 aromatic heterocycles. The van der Waals surface area contributed by atoms with Crippen LogP contribution < -0.4 is 15.4 Å². The van der Waals surface area contributed by atoms with E-state index in [1.807, 2.05) is 12.1 Å². The molecule has 0 saturated heterocycles. The molecule has 0 unspecified atom stereocenters. The lowest BCUT2D eigenvalue weighted by Gasteiger charge is -2.10. The Morgan fingerprint density at radius 1 is 0.967 bits per heavy atom. The monoisotopic (exact) mass is 424 g/mol. The Labute approximate surface area is 177 Å². The number of rotatable bonds is 7. The Morgan fingerprint density at radius 3 is 2.37 bits per heavy atom. The van der Waals surface area contributed by atoms with Crippen LogP contribution in [-0.4, -0.2) is 31.5 Å². The van der Waals surface area contributed by atoms with Crippen molar-refractivity contribution in [1.82, 2.24) is 0 Å². The summed E-state index contributed by atoms with van der Waals surface area (Å²) in [6.07, 6.45) is 0. The maximum absolute atomic E-state index is 12.4. The third-order valence-corrected chi connectivity index (χ3v) is 5.16. The number of hydrogen-bond acceptors (Lipinski definition) is 6. The highest BCUT2D eigenvalue weighted by Gasteiger charge is 2.14. The molecule has 3 aromatic rings. The normalized spacial score (nSPS) is 10.2. The first kappa shape index (κ1) is 21.1. The van der Waals surface area contributed by atoms with Gasteiger partial charge in [0, 0.05) is 11.3 Å². The number of ether oxygens (including phenoxy) is 2. The highest BCUT2D eigenvalue weighted by molar-refractivity contribution is 7.12. The third-order valence-electron chi connectivity index (χ3n) is 4.17. The summed E-state index contributed by atoms with van der Waals surface area (Å²) in [6.45, 7) is 1.41. The van der Waals surface area contributed by atoms with Crippen molar-refractivity contribution < 1.29 is 23.9 Å². The van der Waals surface area contributed by atoms with E-state index in [4.69, 9.17) is 9.47 Å². The molecule has 0 aliphatic heterocycles. The van der Waals surface area contributed by atoms with Crippen molar-refractivity contribution in [3.05, 3.63) is 76.0 Å². The van der Waals surface area contributed by atoms with Crippen molar-refractivity contribution in [2.75, 3.05) is 24.4 Å². The Morgan fingerprint density at radius 2 is 1.70 bits per heavy atom. The topological polar surface area (TPSA) is 93.7 Å². The van der Waals surface area contributed by atoms with Crippen LogP contribution in [-0.2, 0) is 9.53 Å². The van der Waals surface area contributed by atoms with Crippen LogP contribution in [0.15, 0.2) is 60.0 Å². The van der Waals surface area contributed by atoms with Crippen LogP contribution in [0, 0.1) is 6.92 Å². The van der Waals surface area contributed by atoms with Crippen molar-refractivity contribution in [3.63, 3.8) is 0 Å². The Bertz CT molecular complexity index is 1060. The van der Waals surface area contributed by atoms with Crippen LogP contribution in [0.3, 0.4) is 0 Å². The smallest absolute Gasteiger partial charge is 0.349 e. The molecule has 0 spiro atoms. The summed E-state index contributed by atoms with van der Waals surface area (Å²) in [5.41, 5.74) is 2.27. The molecule has 8 heteroatoms. The second kappa shape index (κ2) is 9.71. The summed E-state index contributed by atoms with van der Waals surface area (Å²) in [4.78, 5) is 36.9. The molecule has 0 radical (unpaired) electrons. The minimum absolute atomic E-state index is 0.308. The average Bonchev–Trinajstić information content (AvgIpc) is 3.19. The molecule has 30 heavy (non-hydrogen) atoms. The number of methoxy groups -OCH3 is 1. The molecule has 0 aliphatic carbocycles. The number of esters is 1. The van der Waals surface area contributed by atoms with E-state index in [9.17, 15) is 14.4 Å². The van der Waals surface area contributed by atoms with Gasteiger partial charge in [0.05, 0.1) is 12.8 Å². The van der Waals surface area contributed by atoms with Crippen LogP contribution in [0.2, 0.25) is 0 Å². The maximum Gasteiger partial charge on any atom is 0.349 e. The number of hydrogen-bond donors (Lipinski definition) is 2. The van der Waals surface area contributed by atoms with Gasteiger partial charge in [-0.15, -0.1) is 11.3 Å². The number of carbonyl (C=O) groups is 3. The summed E-state index contributed by atoms with van der Waals surface area (Å²) in [5.74, 6) is -0.746. The van der Waals surface area contributed by atoms with Gasteiger partial charge in [0.25, 0.3) is 11.8 Å².